The fourth-order valence-corrected chi connectivity index (χ4v) is 2.82. The van der Waals surface area contributed by atoms with E-state index in [0.717, 1.165) is 6.07 Å². The highest BCUT2D eigenvalue weighted by molar-refractivity contribution is 5.97. The fraction of sp³-hybridized carbons (Fsp3) is 0.222. The third kappa shape index (κ3) is 3.40. The molecule has 1 amide bonds. The summed E-state index contributed by atoms with van der Waals surface area (Å²) in [7, 11) is 0. The van der Waals surface area contributed by atoms with Crippen molar-refractivity contribution in [1.29, 1.82) is 0 Å². The Morgan fingerprint density at radius 3 is 2.52 bits per heavy atom. The van der Waals surface area contributed by atoms with Gasteiger partial charge in [0.25, 0.3) is 5.91 Å². The average molecular weight is 374 g/mol. The number of aromatic nitrogens is 3. The molecule has 27 heavy (non-hydrogen) atoms. The van der Waals surface area contributed by atoms with Gasteiger partial charge < -0.3 is 9.64 Å². The third-order valence-corrected chi connectivity index (χ3v) is 4.21. The number of benzene rings is 1. The second kappa shape index (κ2) is 6.49. The number of carbonyl (C=O) groups is 1. The van der Waals surface area contributed by atoms with Gasteiger partial charge in [-0.3, -0.25) is 14.8 Å². The summed E-state index contributed by atoms with van der Waals surface area (Å²) in [6.45, 7) is 0.371. The molecular weight excluding hydrogens is 361 g/mol. The van der Waals surface area contributed by atoms with E-state index < -0.39 is 23.7 Å². The van der Waals surface area contributed by atoms with E-state index in [1.165, 1.54) is 23.4 Å². The zero-order valence-electron chi connectivity index (χ0n) is 13.8. The highest BCUT2D eigenvalue weighted by Gasteiger charge is 2.38. The minimum Gasteiger partial charge on any atom is -0.470 e. The van der Waals surface area contributed by atoms with Crippen LogP contribution in [0.4, 0.5) is 13.2 Å². The van der Waals surface area contributed by atoms with E-state index in [1.54, 1.807) is 24.4 Å². The molecule has 2 aromatic heterocycles. The standard InChI is InChI=1S/C18H13F3N4O2/c19-18(20,21)13-2-1-5-24-16(13)27-12-9-25(10-12)17(26)11-3-4-14-15(8-11)23-7-6-22-14/h1-8,12H,9-10H2. The molecule has 1 fully saturated rings. The van der Waals surface area contributed by atoms with Crippen LogP contribution in [0, 0.1) is 0 Å². The molecule has 0 bridgehead atoms. The summed E-state index contributed by atoms with van der Waals surface area (Å²) in [6.07, 6.45) is -0.745. The van der Waals surface area contributed by atoms with Crippen LogP contribution in [0.1, 0.15) is 15.9 Å². The molecular formula is C18H13F3N4O2. The fourth-order valence-electron chi connectivity index (χ4n) is 2.82. The Morgan fingerprint density at radius 2 is 1.78 bits per heavy atom. The summed E-state index contributed by atoms with van der Waals surface area (Å²) in [4.78, 5) is 26.0. The number of halogens is 3. The quantitative estimate of drug-likeness (QED) is 0.705. The van der Waals surface area contributed by atoms with Crippen LogP contribution in [0.2, 0.25) is 0 Å². The van der Waals surface area contributed by atoms with Crippen molar-refractivity contribution in [2.45, 2.75) is 12.3 Å². The topological polar surface area (TPSA) is 68.2 Å². The number of ether oxygens (including phenoxy) is 1. The summed E-state index contributed by atoms with van der Waals surface area (Å²) >= 11 is 0. The molecule has 0 aliphatic carbocycles. The van der Waals surface area contributed by atoms with Crippen LogP contribution >= 0.6 is 0 Å². The highest BCUT2D eigenvalue weighted by Crippen LogP contribution is 2.35. The molecule has 0 atom stereocenters. The number of carbonyl (C=O) groups excluding carboxylic acids is 1. The number of pyridine rings is 1. The molecule has 138 valence electrons. The number of likely N-dealkylation sites (tertiary alicyclic amines) is 1. The maximum absolute atomic E-state index is 13.0. The summed E-state index contributed by atoms with van der Waals surface area (Å²) < 4.78 is 44.3. The van der Waals surface area contributed by atoms with Crippen LogP contribution in [0.25, 0.3) is 11.0 Å². The number of fused-ring (bicyclic) bond motifs is 1. The van der Waals surface area contributed by atoms with Gasteiger partial charge in [-0.15, -0.1) is 0 Å². The molecule has 0 spiro atoms. The number of hydrogen-bond acceptors (Lipinski definition) is 5. The number of nitrogens with zero attached hydrogens (tertiary/aromatic N) is 4. The van der Waals surface area contributed by atoms with Crippen LogP contribution < -0.4 is 4.74 Å². The van der Waals surface area contributed by atoms with Gasteiger partial charge in [0.05, 0.1) is 24.1 Å². The second-order valence-electron chi connectivity index (χ2n) is 6.06. The number of amides is 1. The molecule has 3 heterocycles. The number of hydrogen-bond donors (Lipinski definition) is 0. The van der Waals surface area contributed by atoms with Crippen LogP contribution in [0.5, 0.6) is 5.88 Å². The van der Waals surface area contributed by atoms with E-state index in [-0.39, 0.29) is 19.0 Å². The zero-order valence-corrected chi connectivity index (χ0v) is 13.8. The Balaban J connectivity index is 1.43. The van der Waals surface area contributed by atoms with Crippen molar-refractivity contribution < 1.29 is 22.7 Å². The second-order valence-corrected chi connectivity index (χ2v) is 6.06. The van der Waals surface area contributed by atoms with E-state index in [9.17, 15) is 18.0 Å². The first kappa shape index (κ1) is 17.2. The molecule has 0 N–H and O–H groups in total. The van der Waals surface area contributed by atoms with Gasteiger partial charge in [0.15, 0.2) is 0 Å². The van der Waals surface area contributed by atoms with Gasteiger partial charge in [-0.2, -0.15) is 13.2 Å². The van der Waals surface area contributed by atoms with E-state index >= 15 is 0 Å². The first-order chi connectivity index (χ1) is 12.9. The largest absolute Gasteiger partial charge is 0.470 e. The number of rotatable bonds is 3. The van der Waals surface area contributed by atoms with Crippen molar-refractivity contribution in [2.75, 3.05) is 13.1 Å². The Labute approximate surface area is 151 Å². The maximum Gasteiger partial charge on any atom is 0.421 e. The predicted molar refractivity (Wildman–Crippen MR) is 89.1 cm³/mol. The molecule has 1 aliphatic rings. The van der Waals surface area contributed by atoms with E-state index in [2.05, 4.69) is 15.0 Å². The smallest absolute Gasteiger partial charge is 0.421 e. The zero-order chi connectivity index (χ0) is 19.0. The van der Waals surface area contributed by atoms with Crippen LogP contribution in [-0.2, 0) is 6.18 Å². The Kier molecular flexibility index (Phi) is 4.14. The molecule has 0 unspecified atom stereocenters. The first-order valence-electron chi connectivity index (χ1n) is 8.11. The lowest BCUT2D eigenvalue weighted by atomic mass is 10.1. The van der Waals surface area contributed by atoms with Crippen LogP contribution in [0.15, 0.2) is 48.9 Å². The molecule has 9 heteroatoms. The lowest BCUT2D eigenvalue weighted by Crippen LogP contribution is -2.56. The van der Waals surface area contributed by atoms with Crippen LogP contribution in [-0.4, -0.2) is 45.0 Å². The molecule has 0 radical (unpaired) electrons. The first-order valence-corrected chi connectivity index (χ1v) is 8.11. The van der Waals surface area contributed by atoms with Gasteiger partial charge in [-0.1, -0.05) is 0 Å². The van der Waals surface area contributed by atoms with Gasteiger partial charge in [-0.05, 0) is 30.3 Å². The van der Waals surface area contributed by atoms with Gasteiger partial charge in [0.1, 0.15) is 11.7 Å². The van der Waals surface area contributed by atoms with E-state index in [0.29, 0.717) is 16.6 Å². The molecule has 1 aromatic carbocycles. The molecule has 1 aliphatic heterocycles. The van der Waals surface area contributed by atoms with E-state index in [1.807, 2.05) is 0 Å². The Morgan fingerprint density at radius 1 is 1.04 bits per heavy atom. The molecule has 4 rings (SSSR count). The molecule has 0 saturated carbocycles. The summed E-state index contributed by atoms with van der Waals surface area (Å²) in [5, 5.41) is 0. The highest BCUT2D eigenvalue weighted by atomic mass is 19.4. The van der Waals surface area contributed by atoms with Crippen molar-refractivity contribution in [3.63, 3.8) is 0 Å². The number of alkyl halides is 3. The van der Waals surface area contributed by atoms with Crippen molar-refractivity contribution in [3.8, 4) is 5.88 Å². The van der Waals surface area contributed by atoms with Crippen molar-refractivity contribution in [1.82, 2.24) is 19.9 Å². The molecule has 3 aromatic rings. The normalized spacial score (nSPS) is 14.9. The Hall–Kier alpha value is -3.23. The summed E-state index contributed by atoms with van der Waals surface area (Å²) in [6, 6.07) is 7.11. The van der Waals surface area contributed by atoms with Crippen molar-refractivity contribution >= 4 is 16.9 Å². The van der Waals surface area contributed by atoms with Gasteiger partial charge in [0.2, 0.25) is 5.88 Å². The van der Waals surface area contributed by atoms with Gasteiger partial charge in [0, 0.05) is 24.2 Å². The molecule has 1 saturated heterocycles. The maximum atomic E-state index is 13.0. The van der Waals surface area contributed by atoms with Crippen molar-refractivity contribution in [2.24, 2.45) is 0 Å². The predicted octanol–water partition coefficient (Wildman–Crippen LogP) is 2.95. The third-order valence-electron chi connectivity index (χ3n) is 4.21. The minimum atomic E-state index is -4.55. The Bertz CT molecular complexity index is 1000. The monoisotopic (exact) mass is 374 g/mol. The van der Waals surface area contributed by atoms with Gasteiger partial charge in [-0.25, -0.2) is 4.98 Å². The average Bonchev–Trinajstić information content (AvgIpc) is 2.63. The SMILES string of the molecule is O=C(c1ccc2nccnc2c1)N1CC(Oc2ncccc2C(F)(F)F)C1. The summed E-state index contributed by atoms with van der Waals surface area (Å²) in [5.41, 5.74) is 0.784. The van der Waals surface area contributed by atoms with Crippen LogP contribution in [0.3, 0.4) is 0 Å². The molecule has 6 nitrogen and oxygen atoms in total. The van der Waals surface area contributed by atoms with Gasteiger partial charge >= 0.3 is 6.18 Å². The van der Waals surface area contributed by atoms with E-state index in [4.69, 9.17) is 4.74 Å². The lowest BCUT2D eigenvalue weighted by Gasteiger charge is -2.39. The minimum absolute atomic E-state index is 0.186. The summed E-state index contributed by atoms with van der Waals surface area (Å²) in [5.74, 6) is -0.706. The van der Waals surface area contributed by atoms with Crippen molar-refractivity contribution in [3.05, 3.63) is 60.0 Å². The lowest BCUT2D eigenvalue weighted by molar-refractivity contribution is -0.140.